The van der Waals surface area contributed by atoms with Crippen molar-refractivity contribution in [3.8, 4) is 5.75 Å². The molecular weight excluding hydrogens is 512 g/mol. The number of ether oxygens (including phenoxy) is 2. The molecule has 0 saturated carbocycles. The largest absolute Gasteiger partial charge is 0.496 e. The predicted octanol–water partition coefficient (Wildman–Crippen LogP) is 2.18. The number of nitrogens with zero attached hydrogens (tertiary/aromatic N) is 7. The van der Waals surface area contributed by atoms with Crippen molar-refractivity contribution in [3.63, 3.8) is 0 Å². The maximum absolute atomic E-state index is 13.5. The molecule has 0 spiro atoms. The number of carbonyl (C=O) groups excluding carboxylic acids is 1. The number of fused-ring (bicyclic) bond motifs is 1. The smallest absolute Gasteiger partial charge is 0.291 e. The summed E-state index contributed by atoms with van der Waals surface area (Å²) in [7, 11) is 3.06. The van der Waals surface area contributed by atoms with Crippen molar-refractivity contribution < 1.29 is 23.0 Å². The van der Waals surface area contributed by atoms with Crippen LogP contribution in [0.1, 0.15) is 34.0 Å². The van der Waals surface area contributed by atoms with Crippen LogP contribution in [0, 0.1) is 0 Å². The van der Waals surface area contributed by atoms with Crippen LogP contribution in [0.2, 0.25) is 0 Å². The number of carbonyl (C=O) groups is 1. The molecule has 0 atom stereocenters. The zero-order chi connectivity index (χ0) is 27.6. The number of hydrogen-bond donors (Lipinski definition) is 2. The molecule has 1 aliphatic heterocycles. The topological polar surface area (TPSA) is 146 Å². The summed E-state index contributed by atoms with van der Waals surface area (Å²) in [4.78, 5) is 31.3. The molecule has 1 aromatic carbocycles. The van der Waals surface area contributed by atoms with E-state index in [9.17, 15) is 13.6 Å². The Morgan fingerprint density at radius 2 is 1.95 bits per heavy atom. The van der Waals surface area contributed by atoms with E-state index < -0.39 is 18.4 Å². The highest BCUT2D eigenvalue weighted by atomic mass is 19.3. The van der Waals surface area contributed by atoms with Gasteiger partial charge in [0.1, 0.15) is 18.2 Å². The summed E-state index contributed by atoms with van der Waals surface area (Å²) in [6.07, 6.45) is 4.47. The van der Waals surface area contributed by atoms with Crippen LogP contribution in [0.5, 0.6) is 5.75 Å². The fourth-order valence-electron chi connectivity index (χ4n) is 4.44. The molecule has 1 saturated heterocycles. The lowest BCUT2D eigenvalue weighted by Gasteiger charge is -2.15. The molecule has 1 fully saturated rings. The number of nitrogen functional groups attached to an aromatic ring is 1. The predicted molar refractivity (Wildman–Crippen MR) is 138 cm³/mol. The van der Waals surface area contributed by atoms with Gasteiger partial charge in [-0.05, 0) is 6.07 Å². The third kappa shape index (κ3) is 5.55. The number of hydrogen-bond acceptors (Lipinski definition) is 10. The highest BCUT2D eigenvalue weighted by Gasteiger charge is 2.39. The van der Waals surface area contributed by atoms with Gasteiger partial charge in [0.05, 0.1) is 20.2 Å². The molecule has 5 rings (SSSR count). The number of nitrogens with one attached hydrogen (secondary N) is 1. The molecule has 0 bridgehead atoms. The van der Waals surface area contributed by atoms with Crippen LogP contribution in [-0.4, -0.2) is 68.9 Å². The van der Waals surface area contributed by atoms with Gasteiger partial charge in [-0.2, -0.15) is 0 Å². The Morgan fingerprint density at radius 1 is 1.15 bits per heavy atom. The first-order chi connectivity index (χ1) is 18.8. The lowest BCUT2D eigenvalue weighted by molar-refractivity contribution is 0.0256. The molecule has 1 aliphatic rings. The Bertz CT molecular complexity index is 1490. The average Bonchev–Trinajstić information content (AvgIpc) is 3.50. The molecule has 0 aliphatic carbocycles. The number of methoxy groups -OCH3 is 2. The van der Waals surface area contributed by atoms with E-state index in [1.54, 1.807) is 31.8 Å². The molecule has 0 unspecified atom stereocenters. The normalized spacial score (nSPS) is 14.6. The minimum absolute atomic E-state index is 0.0351. The fourth-order valence-corrected chi connectivity index (χ4v) is 4.44. The summed E-state index contributed by atoms with van der Waals surface area (Å²) >= 11 is 0. The molecule has 12 nitrogen and oxygen atoms in total. The average molecular weight is 540 g/mol. The summed E-state index contributed by atoms with van der Waals surface area (Å²) < 4.78 is 39.4. The standard InChI is InChI=1S/C25H27F2N9O3/c1-38-13-19-33-22(23(37)30-11-16-3-4-18-17(20(16)39-2)5-7-29-21(18)28)34-36(19)12-15-9-31-24(32-10-15)35-8-6-25(26,27)14-35/h3-5,7,9-10H,6,8,11-14H2,1-2H3,(H2,28,29)(H,30,37). The van der Waals surface area contributed by atoms with Crippen molar-refractivity contribution in [2.24, 2.45) is 0 Å². The first-order valence-electron chi connectivity index (χ1n) is 12.1. The molecule has 4 heterocycles. The fraction of sp³-hybridized carbons (Fsp3) is 0.360. The number of nitrogens with two attached hydrogens (primary N) is 1. The van der Waals surface area contributed by atoms with E-state index in [2.05, 4.69) is 30.4 Å². The van der Waals surface area contributed by atoms with Gasteiger partial charge < -0.3 is 25.4 Å². The second-order valence-corrected chi connectivity index (χ2v) is 9.09. The monoisotopic (exact) mass is 539 g/mol. The SMILES string of the molecule is COCc1nc(C(=O)NCc2ccc3c(N)nccc3c2OC)nn1Cc1cnc(N2CCC(F)(F)C2)nc1. The van der Waals surface area contributed by atoms with Crippen molar-refractivity contribution in [2.45, 2.75) is 32.0 Å². The van der Waals surface area contributed by atoms with Crippen LogP contribution in [0.25, 0.3) is 10.8 Å². The summed E-state index contributed by atoms with van der Waals surface area (Å²) in [5, 5.41) is 8.72. The van der Waals surface area contributed by atoms with Crippen LogP contribution in [0.15, 0.2) is 36.8 Å². The van der Waals surface area contributed by atoms with Gasteiger partial charge >= 0.3 is 0 Å². The molecule has 39 heavy (non-hydrogen) atoms. The van der Waals surface area contributed by atoms with Gasteiger partial charge in [-0.25, -0.2) is 33.4 Å². The third-order valence-corrected chi connectivity index (χ3v) is 6.35. The van der Waals surface area contributed by atoms with Crippen molar-refractivity contribution >= 4 is 28.4 Å². The number of pyridine rings is 1. The molecule has 4 aromatic rings. The van der Waals surface area contributed by atoms with Crippen LogP contribution >= 0.6 is 0 Å². The lowest BCUT2D eigenvalue weighted by Crippen LogP contribution is -2.26. The number of aromatic nitrogens is 6. The number of rotatable bonds is 9. The first kappa shape index (κ1) is 26.2. The first-order valence-corrected chi connectivity index (χ1v) is 12.1. The van der Waals surface area contributed by atoms with Gasteiger partial charge in [-0.3, -0.25) is 4.79 Å². The van der Waals surface area contributed by atoms with Gasteiger partial charge in [0.15, 0.2) is 5.82 Å². The van der Waals surface area contributed by atoms with Crippen LogP contribution in [-0.2, 0) is 24.4 Å². The molecule has 204 valence electrons. The van der Waals surface area contributed by atoms with E-state index in [0.717, 1.165) is 16.3 Å². The molecule has 1 amide bonds. The Kier molecular flexibility index (Phi) is 7.19. The third-order valence-electron chi connectivity index (χ3n) is 6.35. The number of anilines is 2. The van der Waals surface area contributed by atoms with Gasteiger partial charge in [0.2, 0.25) is 11.8 Å². The minimum atomic E-state index is -2.74. The number of alkyl halides is 2. The quantitative estimate of drug-likeness (QED) is 0.324. The van der Waals surface area contributed by atoms with Crippen LogP contribution in [0.4, 0.5) is 20.5 Å². The zero-order valence-electron chi connectivity index (χ0n) is 21.4. The Balaban J connectivity index is 1.29. The molecule has 3 aromatic heterocycles. The molecular formula is C25H27F2N9O3. The van der Waals surface area contributed by atoms with Crippen molar-refractivity contribution in [3.05, 3.63) is 59.6 Å². The van der Waals surface area contributed by atoms with Crippen molar-refractivity contribution in [1.29, 1.82) is 0 Å². The second kappa shape index (κ2) is 10.7. The van der Waals surface area contributed by atoms with Crippen molar-refractivity contribution in [1.82, 2.24) is 35.0 Å². The second-order valence-electron chi connectivity index (χ2n) is 9.09. The summed E-state index contributed by atoms with van der Waals surface area (Å²) in [6, 6.07) is 5.44. The summed E-state index contributed by atoms with van der Waals surface area (Å²) in [5.41, 5.74) is 7.37. The van der Waals surface area contributed by atoms with E-state index in [1.807, 2.05) is 12.1 Å². The zero-order valence-corrected chi connectivity index (χ0v) is 21.4. The lowest BCUT2D eigenvalue weighted by atomic mass is 10.1. The van der Waals surface area contributed by atoms with E-state index in [0.29, 0.717) is 23.0 Å². The molecule has 0 radical (unpaired) electrons. The van der Waals surface area contributed by atoms with Gasteiger partial charge in [0, 0.05) is 67.1 Å². The van der Waals surface area contributed by atoms with E-state index >= 15 is 0 Å². The molecule has 14 heteroatoms. The van der Waals surface area contributed by atoms with Crippen LogP contribution < -0.4 is 20.7 Å². The highest BCUT2D eigenvalue weighted by Crippen LogP contribution is 2.32. The van der Waals surface area contributed by atoms with E-state index in [-0.39, 0.29) is 44.4 Å². The Morgan fingerprint density at radius 3 is 2.64 bits per heavy atom. The maximum atomic E-state index is 13.5. The minimum Gasteiger partial charge on any atom is -0.496 e. The summed E-state index contributed by atoms with van der Waals surface area (Å²) in [6.45, 7) is 0.295. The van der Waals surface area contributed by atoms with E-state index in [1.165, 1.54) is 16.7 Å². The summed E-state index contributed by atoms with van der Waals surface area (Å²) in [5.74, 6) is -1.61. The van der Waals surface area contributed by atoms with Crippen molar-refractivity contribution in [2.75, 3.05) is 37.9 Å². The highest BCUT2D eigenvalue weighted by molar-refractivity contribution is 5.96. The van der Waals surface area contributed by atoms with Crippen LogP contribution in [0.3, 0.4) is 0 Å². The maximum Gasteiger partial charge on any atom is 0.291 e. The number of halogens is 2. The molecule has 3 N–H and O–H groups in total. The number of amides is 1. The number of benzene rings is 1. The Hall–Kier alpha value is -4.46. The van der Waals surface area contributed by atoms with Gasteiger partial charge in [0.25, 0.3) is 11.8 Å². The van der Waals surface area contributed by atoms with Gasteiger partial charge in [-0.15, -0.1) is 5.10 Å². The Labute approximate surface area is 222 Å². The van der Waals surface area contributed by atoms with Gasteiger partial charge in [-0.1, -0.05) is 12.1 Å². The van der Waals surface area contributed by atoms with E-state index in [4.69, 9.17) is 15.2 Å².